The number of methoxy groups -OCH3 is 2. The summed E-state index contributed by atoms with van der Waals surface area (Å²) in [4.78, 5) is 13.0. The lowest BCUT2D eigenvalue weighted by atomic mass is 9.85. The van der Waals surface area contributed by atoms with Crippen molar-refractivity contribution in [3.8, 4) is 11.5 Å². The zero-order valence-corrected chi connectivity index (χ0v) is 18.9. The van der Waals surface area contributed by atoms with Gasteiger partial charge in [-0.1, -0.05) is 52.3 Å². The first-order valence-corrected chi connectivity index (χ1v) is 10.7. The third kappa shape index (κ3) is 4.35. The van der Waals surface area contributed by atoms with Crippen molar-refractivity contribution in [2.75, 3.05) is 14.2 Å². The molecule has 31 heavy (non-hydrogen) atoms. The summed E-state index contributed by atoms with van der Waals surface area (Å²) < 4.78 is 11.8. The van der Waals surface area contributed by atoms with E-state index in [2.05, 4.69) is 26.5 Å². The van der Waals surface area contributed by atoms with Crippen molar-refractivity contribution in [1.82, 2.24) is 5.43 Å². The Morgan fingerprint density at radius 3 is 2.13 bits per heavy atom. The number of amides is 1. The number of ether oxygens (including phenoxy) is 2. The summed E-state index contributed by atoms with van der Waals surface area (Å²) in [6.07, 6.45) is 2.33. The van der Waals surface area contributed by atoms with Crippen LogP contribution in [0.25, 0.3) is 0 Å². The van der Waals surface area contributed by atoms with E-state index in [1.807, 2.05) is 72.8 Å². The topological polar surface area (TPSA) is 59.9 Å². The number of hydrazone groups is 1. The van der Waals surface area contributed by atoms with Crippen LogP contribution < -0.4 is 14.9 Å². The molecule has 0 aliphatic heterocycles. The second-order valence-electron chi connectivity index (χ2n) is 7.48. The van der Waals surface area contributed by atoms with Gasteiger partial charge in [0.25, 0.3) is 0 Å². The Morgan fingerprint density at radius 1 is 1.00 bits per heavy atom. The van der Waals surface area contributed by atoms with E-state index in [0.717, 1.165) is 32.7 Å². The van der Waals surface area contributed by atoms with E-state index in [0.29, 0.717) is 6.42 Å². The number of hydrogen-bond donors (Lipinski definition) is 1. The number of carbonyl (C=O) groups is 1. The van der Waals surface area contributed by atoms with Gasteiger partial charge in [0.1, 0.15) is 11.5 Å². The molecule has 1 fully saturated rings. The van der Waals surface area contributed by atoms with Crippen LogP contribution in [0.1, 0.15) is 23.1 Å². The largest absolute Gasteiger partial charge is 0.497 e. The number of benzene rings is 3. The number of nitrogens with zero attached hydrogens (tertiary/aromatic N) is 1. The van der Waals surface area contributed by atoms with E-state index < -0.39 is 5.41 Å². The molecule has 158 valence electrons. The van der Waals surface area contributed by atoms with E-state index in [9.17, 15) is 4.79 Å². The van der Waals surface area contributed by atoms with Gasteiger partial charge < -0.3 is 9.47 Å². The molecule has 1 atom stereocenters. The van der Waals surface area contributed by atoms with Gasteiger partial charge in [0.05, 0.1) is 26.4 Å². The van der Waals surface area contributed by atoms with Gasteiger partial charge in [-0.05, 0) is 59.5 Å². The molecule has 1 amide bonds. The summed E-state index contributed by atoms with van der Waals surface area (Å²) in [5.41, 5.74) is 5.26. The lowest BCUT2D eigenvalue weighted by molar-refractivity contribution is -0.122. The van der Waals surface area contributed by atoms with Crippen LogP contribution in [-0.4, -0.2) is 26.3 Å². The highest BCUT2D eigenvalue weighted by molar-refractivity contribution is 9.10. The Bertz CT molecular complexity index is 1060. The quantitative estimate of drug-likeness (QED) is 0.387. The molecule has 1 aliphatic rings. The standard InChI is InChI=1S/C25H23BrN2O3/c1-30-21-7-3-5-18(13-21)25(19-6-4-8-22(14-19)31-2)15-23(25)24(29)28-27-16-17-9-11-20(26)12-10-17/h3-14,16,23H,15H2,1-2H3,(H,28,29)/b27-16-/t23-/m1/s1. The third-order valence-electron chi connectivity index (χ3n) is 5.71. The molecule has 0 radical (unpaired) electrons. The summed E-state index contributed by atoms with van der Waals surface area (Å²) in [6, 6.07) is 23.5. The maximum Gasteiger partial charge on any atom is 0.244 e. The first-order chi connectivity index (χ1) is 15.1. The van der Waals surface area contributed by atoms with Crippen LogP contribution in [0.2, 0.25) is 0 Å². The van der Waals surface area contributed by atoms with Crippen LogP contribution in [0.15, 0.2) is 82.4 Å². The fourth-order valence-electron chi connectivity index (χ4n) is 3.98. The van der Waals surface area contributed by atoms with Crippen LogP contribution in [0, 0.1) is 5.92 Å². The molecule has 0 unspecified atom stereocenters. The molecule has 1 N–H and O–H groups in total. The lowest BCUT2D eigenvalue weighted by Crippen LogP contribution is -2.25. The van der Waals surface area contributed by atoms with Gasteiger partial charge in [-0.3, -0.25) is 4.79 Å². The smallest absolute Gasteiger partial charge is 0.244 e. The van der Waals surface area contributed by atoms with Crippen LogP contribution in [0.4, 0.5) is 0 Å². The van der Waals surface area contributed by atoms with Gasteiger partial charge in [0.15, 0.2) is 0 Å². The minimum Gasteiger partial charge on any atom is -0.497 e. The fourth-order valence-corrected chi connectivity index (χ4v) is 4.25. The summed E-state index contributed by atoms with van der Waals surface area (Å²) >= 11 is 3.41. The van der Waals surface area contributed by atoms with E-state index in [-0.39, 0.29) is 11.8 Å². The maximum atomic E-state index is 13.0. The Labute approximate surface area is 190 Å². The fraction of sp³-hybridized carbons (Fsp3) is 0.200. The number of halogens is 1. The SMILES string of the molecule is COc1cccc(C2(c3cccc(OC)c3)C[C@@H]2C(=O)N/N=C\c2ccc(Br)cc2)c1. The predicted octanol–water partition coefficient (Wildman–Crippen LogP) is 4.92. The van der Waals surface area contributed by atoms with Gasteiger partial charge >= 0.3 is 0 Å². The van der Waals surface area contributed by atoms with Crippen LogP contribution in [-0.2, 0) is 10.2 Å². The molecule has 0 aromatic heterocycles. The molecule has 1 saturated carbocycles. The van der Waals surface area contributed by atoms with Crippen molar-refractivity contribution in [2.45, 2.75) is 11.8 Å². The molecular formula is C25H23BrN2O3. The van der Waals surface area contributed by atoms with Gasteiger partial charge in [0, 0.05) is 9.89 Å². The first kappa shape index (κ1) is 21.1. The highest BCUT2D eigenvalue weighted by atomic mass is 79.9. The van der Waals surface area contributed by atoms with E-state index in [4.69, 9.17) is 9.47 Å². The summed E-state index contributed by atoms with van der Waals surface area (Å²) in [5, 5.41) is 4.16. The average Bonchev–Trinajstić information content (AvgIpc) is 3.58. The molecule has 3 aromatic rings. The minimum atomic E-state index is -0.444. The second-order valence-corrected chi connectivity index (χ2v) is 8.39. The molecule has 6 heteroatoms. The summed E-state index contributed by atoms with van der Waals surface area (Å²) in [6.45, 7) is 0. The molecule has 3 aromatic carbocycles. The Kier molecular flexibility index (Phi) is 6.09. The molecule has 0 bridgehead atoms. The van der Waals surface area contributed by atoms with Gasteiger partial charge in [-0.25, -0.2) is 5.43 Å². The van der Waals surface area contributed by atoms with E-state index >= 15 is 0 Å². The number of rotatable bonds is 7. The van der Waals surface area contributed by atoms with Crippen LogP contribution in [0.3, 0.4) is 0 Å². The van der Waals surface area contributed by atoms with E-state index in [1.165, 1.54) is 0 Å². The van der Waals surface area contributed by atoms with E-state index in [1.54, 1.807) is 20.4 Å². The first-order valence-electron chi connectivity index (χ1n) is 9.94. The van der Waals surface area contributed by atoms with Gasteiger partial charge in [-0.15, -0.1) is 0 Å². The van der Waals surface area contributed by atoms with Crippen molar-refractivity contribution in [3.63, 3.8) is 0 Å². The highest BCUT2D eigenvalue weighted by Gasteiger charge is 2.60. The van der Waals surface area contributed by atoms with Crippen LogP contribution >= 0.6 is 15.9 Å². The number of carbonyl (C=O) groups excluding carboxylic acids is 1. The highest BCUT2D eigenvalue weighted by Crippen LogP contribution is 2.59. The molecule has 5 nitrogen and oxygen atoms in total. The predicted molar refractivity (Wildman–Crippen MR) is 125 cm³/mol. The Hall–Kier alpha value is -3.12. The zero-order chi connectivity index (χ0) is 21.8. The molecule has 1 aliphatic carbocycles. The lowest BCUT2D eigenvalue weighted by Gasteiger charge is -2.20. The van der Waals surface area contributed by atoms with Crippen molar-refractivity contribution >= 4 is 28.1 Å². The minimum absolute atomic E-state index is 0.112. The van der Waals surface area contributed by atoms with Crippen molar-refractivity contribution in [2.24, 2.45) is 11.0 Å². The number of nitrogens with one attached hydrogen (secondary N) is 1. The second kappa shape index (κ2) is 8.94. The molecular weight excluding hydrogens is 456 g/mol. The summed E-state index contributed by atoms with van der Waals surface area (Å²) in [5.74, 6) is 1.17. The molecule has 0 heterocycles. The maximum absolute atomic E-state index is 13.0. The van der Waals surface area contributed by atoms with Gasteiger partial charge in [-0.2, -0.15) is 5.10 Å². The summed E-state index contributed by atoms with van der Waals surface area (Å²) in [7, 11) is 3.29. The van der Waals surface area contributed by atoms with Crippen molar-refractivity contribution in [3.05, 3.63) is 94.0 Å². The van der Waals surface area contributed by atoms with Crippen molar-refractivity contribution < 1.29 is 14.3 Å². The number of hydrogen-bond acceptors (Lipinski definition) is 4. The van der Waals surface area contributed by atoms with Crippen LogP contribution in [0.5, 0.6) is 11.5 Å². The molecule has 4 rings (SSSR count). The monoisotopic (exact) mass is 478 g/mol. The average molecular weight is 479 g/mol. The Balaban J connectivity index is 1.60. The third-order valence-corrected chi connectivity index (χ3v) is 6.23. The normalized spacial score (nSPS) is 16.7. The Morgan fingerprint density at radius 2 is 1.58 bits per heavy atom. The van der Waals surface area contributed by atoms with Crippen molar-refractivity contribution in [1.29, 1.82) is 0 Å². The zero-order valence-electron chi connectivity index (χ0n) is 17.3. The molecule has 0 spiro atoms. The molecule has 0 saturated heterocycles. The van der Waals surface area contributed by atoms with Gasteiger partial charge in [0.2, 0.25) is 5.91 Å².